The van der Waals surface area contributed by atoms with E-state index in [1.54, 1.807) is 0 Å². The van der Waals surface area contributed by atoms with E-state index in [1.165, 1.54) is 17.0 Å². The normalized spacial score (nSPS) is 19.0. The van der Waals surface area contributed by atoms with Crippen molar-refractivity contribution in [3.8, 4) is 0 Å². The maximum atomic E-state index is 12.2. The third kappa shape index (κ3) is 2.42. The summed E-state index contributed by atoms with van der Waals surface area (Å²) >= 11 is 11.6. The zero-order chi connectivity index (χ0) is 13.3. The number of carbonyl (C=O) groups is 2. The molecular weight excluding hydrogens is 279 g/mol. The number of carboxylic acids is 1. The summed E-state index contributed by atoms with van der Waals surface area (Å²) in [7, 11) is 0. The third-order valence-electron chi connectivity index (χ3n) is 2.81. The molecule has 2 rings (SSSR count). The number of hydrogen-bond donors (Lipinski definition) is 1. The highest BCUT2D eigenvalue weighted by Gasteiger charge is 2.35. The minimum atomic E-state index is -1.01. The Labute approximate surface area is 113 Å². The molecular formula is C11H10Cl2N2O3. The van der Waals surface area contributed by atoms with E-state index in [1.807, 2.05) is 0 Å². The Hall–Kier alpha value is -1.33. The molecule has 0 saturated carbocycles. The lowest BCUT2D eigenvalue weighted by atomic mass is 10.2. The van der Waals surface area contributed by atoms with Crippen LogP contribution in [0.15, 0.2) is 12.1 Å². The van der Waals surface area contributed by atoms with Gasteiger partial charge in [-0.1, -0.05) is 23.2 Å². The number of pyridine rings is 1. The predicted octanol–water partition coefficient (Wildman–Crippen LogP) is 2.08. The zero-order valence-corrected chi connectivity index (χ0v) is 10.8. The number of likely N-dealkylation sites (tertiary alicyclic amines) is 1. The summed E-state index contributed by atoms with van der Waals surface area (Å²) in [6.07, 6.45) is 1.10. The fraction of sp³-hybridized carbons (Fsp3) is 0.364. The highest BCUT2D eigenvalue weighted by atomic mass is 35.5. The van der Waals surface area contributed by atoms with Gasteiger partial charge in [0.25, 0.3) is 5.91 Å². The van der Waals surface area contributed by atoms with E-state index in [0.29, 0.717) is 19.4 Å². The van der Waals surface area contributed by atoms with Crippen molar-refractivity contribution < 1.29 is 14.7 Å². The zero-order valence-electron chi connectivity index (χ0n) is 9.27. The van der Waals surface area contributed by atoms with Gasteiger partial charge in [0, 0.05) is 6.54 Å². The number of halogens is 2. The first-order chi connectivity index (χ1) is 8.50. The maximum absolute atomic E-state index is 12.2. The van der Waals surface area contributed by atoms with Crippen molar-refractivity contribution in [2.45, 2.75) is 18.9 Å². The van der Waals surface area contributed by atoms with Crippen LogP contribution < -0.4 is 0 Å². The number of carbonyl (C=O) groups excluding carboxylic acids is 1. The topological polar surface area (TPSA) is 70.5 Å². The van der Waals surface area contributed by atoms with E-state index in [9.17, 15) is 9.59 Å². The quantitative estimate of drug-likeness (QED) is 0.846. The van der Waals surface area contributed by atoms with Crippen molar-refractivity contribution in [1.82, 2.24) is 9.88 Å². The summed E-state index contributed by atoms with van der Waals surface area (Å²) in [5.74, 6) is -1.51. The molecule has 7 heteroatoms. The Morgan fingerprint density at radius 1 is 1.39 bits per heavy atom. The fourth-order valence-electron chi connectivity index (χ4n) is 1.97. The first-order valence-corrected chi connectivity index (χ1v) is 6.12. The third-order valence-corrected chi connectivity index (χ3v) is 3.33. The minimum Gasteiger partial charge on any atom is -0.480 e. The largest absolute Gasteiger partial charge is 0.480 e. The molecule has 1 N–H and O–H groups in total. The van der Waals surface area contributed by atoms with Crippen LogP contribution in [0.1, 0.15) is 23.3 Å². The van der Waals surface area contributed by atoms with Gasteiger partial charge in [0.2, 0.25) is 0 Å². The molecule has 96 valence electrons. The molecule has 1 aromatic heterocycles. The van der Waals surface area contributed by atoms with E-state index in [4.69, 9.17) is 28.3 Å². The Kier molecular flexibility index (Phi) is 3.73. The van der Waals surface area contributed by atoms with Gasteiger partial charge >= 0.3 is 5.97 Å². The molecule has 1 unspecified atom stereocenters. The van der Waals surface area contributed by atoms with Crippen LogP contribution in [0.4, 0.5) is 0 Å². The molecule has 18 heavy (non-hydrogen) atoms. The molecule has 1 atom stereocenters. The second-order valence-corrected chi connectivity index (χ2v) is 4.75. The van der Waals surface area contributed by atoms with E-state index >= 15 is 0 Å². The van der Waals surface area contributed by atoms with Crippen LogP contribution in [-0.2, 0) is 4.79 Å². The fourth-order valence-corrected chi connectivity index (χ4v) is 2.30. The van der Waals surface area contributed by atoms with Crippen molar-refractivity contribution in [2.24, 2.45) is 0 Å². The van der Waals surface area contributed by atoms with Crippen LogP contribution in [0.25, 0.3) is 0 Å². The van der Waals surface area contributed by atoms with Crippen LogP contribution in [0.2, 0.25) is 10.2 Å². The van der Waals surface area contributed by atoms with Crippen molar-refractivity contribution in [1.29, 1.82) is 0 Å². The highest BCUT2D eigenvalue weighted by molar-refractivity contribution is 6.34. The average molecular weight is 289 g/mol. The molecule has 0 aromatic carbocycles. The molecule has 5 nitrogen and oxygen atoms in total. The summed E-state index contributed by atoms with van der Waals surface area (Å²) in [5, 5.41) is 9.34. The van der Waals surface area contributed by atoms with E-state index in [2.05, 4.69) is 4.98 Å². The number of hydrogen-bond acceptors (Lipinski definition) is 3. The number of rotatable bonds is 2. The number of aromatic nitrogens is 1. The van der Waals surface area contributed by atoms with Gasteiger partial charge in [0.05, 0.1) is 5.02 Å². The number of aliphatic carboxylic acids is 1. The first kappa shape index (κ1) is 13.1. The molecule has 1 saturated heterocycles. The Bertz CT molecular complexity index is 507. The van der Waals surface area contributed by atoms with Crippen LogP contribution in [-0.4, -0.2) is 39.5 Å². The lowest BCUT2D eigenvalue weighted by Gasteiger charge is -2.21. The van der Waals surface area contributed by atoms with Crippen molar-refractivity contribution in [3.05, 3.63) is 28.0 Å². The van der Waals surface area contributed by atoms with Gasteiger partial charge in [-0.15, -0.1) is 0 Å². The van der Waals surface area contributed by atoms with Crippen LogP contribution >= 0.6 is 23.2 Å². The van der Waals surface area contributed by atoms with Gasteiger partial charge in [-0.25, -0.2) is 9.78 Å². The van der Waals surface area contributed by atoms with Crippen LogP contribution in [0.5, 0.6) is 0 Å². The molecule has 1 amide bonds. The van der Waals surface area contributed by atoms with Gasteiger partial charge < -0.3 is 10.0 Å². The minimum absolute atomic E-state index is 0.00248. The number of amides is 1. The first-order valence-electron chi connectivity index (χ1n) is 5.36. The Balaban J connectivity index is 2.31. The van der Waals surface area contributed by atoms with Crippen LogP contribution in [0.3, 0.4) is 0 Å². The molecule has 0 radical (unpaired) electrons. The molecule has 0 bridgehead atoms. The second kappa shape index (κ2) is 5.12. The molecule has 1 aromatic rings. The summed E-state index contributed by atoms with van der Waals surface area (Å²) < 4.78 is 0. The SMILES string of the molecule is O=C(O)C1CCCN1C(=O)c1nc(Cl)ccc1Cl. The van der Waals surface area contributed by atoms with Crippen LogP contribution in [0, 0.1) is 0 Å². The van der Waals surface area contributed by atoms with E-state index in [-0.39, 0.29) is 15.9 Å². The predicted molar refractivity (Wildman–Crippen MR) is 66.0 cm³/mol. The molecule has 0 aliphatic carbocycles. The Morgan fingerprint density at radius 2 is 2.11 bits per heavy atom. The summed E-state index contributed by atoms with van der Waals surface area (Å²) in [6, 6.07) is 2.13. The Morgan fingerprint density at radius 3 is 2.78 bits per heavy atom. The van der Waals surface area contributed by atoms with Crippen molar-refractivity contribution in [2.75, 3.05) is 6.54 Å². The van der Waals surface area contributed by atoms with Crippen molar-refractivity contribution in [3.63, 3.8) is 0 Å². The molecule has 0 spiro atoms. The smallest absolute Gasteiger partial charge is 0.326 e. The molecule has 2 heterocycles. The molecule has 1 aliphatic rings. The summed E-state index contributed by atoms with van der Waals surface area (Å²) in [6.45, 7) is 0.389. The average Bonchev–Trinajstić information content (AvgIpc) is 2.80. The lowest BCUT2D eigenvalue weighted by Crippen LogP contribution is -2.40. The monoisotopic (exact) mass is 288 g/mol. The summed E-state index contributed by atoms with van der Waals surface area (Å²) in [4.78, 5) is 28.3. The standard InChI is InChI=1S/C11H10Cl2N2O3/c12-6-3-4-8(13)14-9(6)10(16)15-5-1-2-7(15)11(17)18/h3-4,7H,1-2,5H2,(H,17,18). The van der Waals surface area contributed by atoms with Gasteiger partial charge in [-0.2, -0.15) is 0 Å². The highest BCUT2D eigenvalue weighted by Crippen LogP contribution is 2.24. The second-order valence-electron chi connectivity index (χ2n) is 3.96. The summed E-state index contributed by atoms with van der Waals surface area (Å²) in [5.41, 5.74) is -0.00248. The van der Waals surface area contributed by atoms with Gasteiger partial charge in [-0.3, -0.25) is 4.79 Å². The van der Waals surface area contributed by atoms with E-state index < -0.39 is 17.9 Å². The van der Waals surface area contributed by atoms with Gasteiger partial charge in [-0.05, 0) is 25.0 Å². The van der Waals surface area contributed by atoms with Gasteiger partial charge in [0.1, 0.15) is 16.9 Å². The van der Waals surface area contributed by atoms with Crippen molar-refractivity contribution >= 4 is 35.1 Å². The molecule has 1 fully saturated rings. The maximum Gasteiger partial charge on any atom is 0.326 e. The molecule has 1 aliphatic heterocycles. The lowest BCUT2D eigenvalue weighted by molar-refractivity contribution is -0.141. The van der Waals surface area contributed by atoms with E-state index in [0.717, 1.165) is 0 Å². The number of nitrogens with zero attached hydrogens (tertiary/aromatic N) is 2. The van der Waals surface area contributed by atoms with Gasteiger partial charge in [0.15, 0.2) is 0 Å². The number of carboxylic acid groups (broad SMARTS) is 1.